The lowest BCUT2D eigenvalue weighted by molar-refractivity contribution is -0.137. The van der Waals surface area contributed by atoms with Gasteiger partial charge >= 0.3 is 6.18 Å². The van der Waals surface area contributed by atoms with E-state index in [1.165, 1.54) is 23.3 Å². The molecule has 0 spiro atoms. The molecule has 2 nitrogen and oxygen atoms in total. The first-order valence-electron chi connectivity index (χ1n) is 11.9. The molecule has 33 heavy (non-hydrogen) atoms. The van der Waals surface area contributed by atoms with Gasteiger partial charge in [0.1, 0.15) is 5.60 Å². The average Bonchev–Trinajstić information content (AvgIpc) is 3.03. The molecule has 4 aliphatic rings. The number of aliphatic hydroxyl groups is 1. The largest absolute Gasteiger partial charge is 0.416 e. The van der Waals surface area contributed by atoms with Gasteiger partial charge in [0.25, 0.3) is 0 Å². The maximum Gasteiger partial charge on any atom is 0.416 e. The Hall–Kier alpha value is -2.32. The standard InChI is InChI=1S/C28H29F3O2/c1-3-12-27(33)13-11-24-22-9-7-18-15-20(32)8-10-21(18)25(22)23(16-26(24,27)2)17-5-4-6-19(14-17)28(29,30)31/h4-6,14-15,22-24,33H,7-11,13,16H2,1-2H3/t22-,23+,24-,26-,27-/m0/s1. The van der Waals surface area contributed by atoms with Crippen LogP contribution in [0.3, 0.4) is 0 Å². The number of hydrogen-bond donors (Lipinski definition) is 1. The van der Waals surface area contributed by atoms with E-state index in [1.54, 1.807) is 19.1 Å². The summed E-state index contributed by atoms with van der Waals surface area (Å²) in [5.41, 5.74) is 1.84. The number of ketones is 1. The van der Waals surface area contributed by atoms with Gasteiger partial charge in [0, 0.05) is 17.8 Å². The Morgan fingerprint density at radius 1 is 1.15 bits per heavy atom. The van der Waals surface area contributed by atoms with E-state index in [0.717, 1.165) is 30.9 Å². The summed E-state index contributed by atoms with van der Waals surface area (Å²) >= 11 is 0. The molecular formula is C28H29F3O2. The zero-order valence-corrected chi connectivity index (χ0v) is 19.1. The summed E-state index contributed by atoms with van der Waals surface area (Å²) in [6.45, 7) is 3.82. The van der Waals surface area contributed by atoms with Gasteiger partial charge in [-0.2, -0.15) is 13.2 Å². The first-order chi connectivity index (χ1) is 15.6. The SMILES string of the molecule is CC#C[C@]1(O)CC[C@H]2[C@@H]3CCC4=CC(=O)CCC4=C3[C@@H](c3cccc(C(F)(F)F)c3)C[C@@]21C. The van der Waals surface area contributed by atoms with E-state index < -0.39 is 22.8 Å². The van der Waals surface area contributed by atoms with E-state index in [2.05, 4.69) is 18.8 Å². The molecule has 2 saturated carbocycles. The number of alkyl halides is 3. The van der Waals surface area contributed by atoms with Gasteiger partial charge in [0.2, 0.25) is 0 Å². The van der Waals surface area contributed by atoms with Crippen molar-refractivity contribution in [1.29, 1.82) is 0 Å². The van der Waals surface area contributed by atoms with Crippen molar-refractivity contribution in [2.45, 2.75) is 76.5 Å². The molecule has 174 valence electrons. The molecule has 2 fully saturated rings. The summed E-state index contributed by atoms with van der Waals surface area (Å²) in [4.78, 5) is 12.1. The Morgan fingerprint density at radius 3 is 2.67 bits per heavy atom. The molecule has 0 radical (unpaired) electrons. The highest BCUT2D eigenvalue weighted by Gasteiger charge is 2.62. The maximum atomic E-state index is 13.6. The second-order valence-corrected chi connectivity index (χ2v) is 10.4. The molecule has 5 atom stereocenters. The van der Waals surface area contributed by atoms with Crippen molar-refractivity contribution < 1.29 is 23.1 Å². The topological polar surface area (TPSA) is 37.3 Å². The zero-order valence-electron chi connectivity index (χ0n) is 19.1. The van der Waals surface area contributed by atoms with Crippen LogP contribution in [0.1, 0.15) is 75.8 Å². The van der Waals surface area contributed by atoms with Crippen molar-refractivity contribution in [2.75, 3.05) is 0 Å². The molecule has 0 saturated heterocycles. The van der Waals surface area contributed by atoms with Gasteiger partial charge in [-0.25, -0.2) is 0 Å². The number of fused-ring (bicyclic) bond motifs is 4. The predicted octanol–water partition coefficient (Wildman–Crippen LogP) is 6.36. The van der Waals surface area contributed by atoms with Crippen LogP contribution in [0.4, 0.5) is 13.2 Å². The molecule has 0 aliphatic heterocycles. The van der Waals surface area contributed by atoms with Gasteiger partial charge < -0.3 is 5.11 Å². The van der Waals surface area contributed by atoms with Gasteiger partial charge in [0.15, 0.2) is 5.78 Å². The minimum Gasteiger partial charge on any atom is -0.377 e. The second kappa shape index (κ2) is 7.60. The van der Waals surface area contributed by atoms with Gasteiger partial charge in [-0.1, -0.05) is 36.6 Å². The molecule has 5 rings (SSSR count). The Labute approximate surface area is 193 Å². The number of rotatable bonds is 1. The van der Waals surface area contributed by atoms with Crippen LogP contribution in [0.15, 0.2) is 47.1 Å². The number of carbonyl (C=O) groups is 1. The maximum absolute atomic E-state index is 13.6. The van der Waals surface area contributed by atoms with Crippen molar-refractivity contribution >= 4 is 5.78 Å². The van der Waals surface area contributed by atoms with Crippen LogP contribution in [0.25, 0.3) is 0 Å². The first kappa shape index (κ1) is 22.5. The molecule has 0 bridgehead atoms. The average molecular weight is 455 g/mol. The third kappa shape index (κ3) is 3.41. The zero-order chi connectivity index (χ0) is 23.6. The van der Waals surface area contributed by atoms with E-state index in [-0.39, 0.29) is 23.5 Å². The molecule has 0 aromatic heterocycles. The quantitative estimate of drug-likeness (QED) is 0.502. The van der Waals surface area contributed by atoms with Crippen LogP contribution in [0.2, 0.25) is 0 Å². The monoisotopic (exact) mass is 454 g/mol. The minimum absolute atomic E-state index is 0.137. The van der Waals surface area contributed by atoms with Crippen molar-refractivity contribution in [3.63, 3.8) is 0 Å². The number of hydrogen-bond acceptors (Lipinski definition) is 2. The fourth-order valence-corrected chi connectivity index (χ4v) is 7.31. The third-order valence-electron chi connectivity index (χ3n) is 8.83. The molecule has 4 aliphatic carbocycles. The molecule has 1 aromatic carbocycles. The molecule has 0 heterocycles. The third-order valence-corrected chi connectivity index (χ3v) is 8.83. The van der Waals surface area contributed by atoms with Crippen LogP contribution in [-0.2, 0) is 11.0 Å². The Balaban J connectivity index is 1.71. The van der Waals surface area contributed by atoms with E-state index >= 15 is 0 Å². The molecule has 1 N–H and O–H groups in total. The highest BCUT2D eigenvalue weighted by Crippen LogP contribution is 2.66. The Kier molecular flexibility index (Phi) is 5.17. The predicted molar refractivity (Wildman–Crippen MR) is 120 cm³/mol. The molecular weight excluding hydrogens is 425 g/mol. The lowest BCUT2D eigenvalue weighted by Gasteiger charge is -2.53. The number of allylic oxidation sites excluding steroid dienone is 4. The van der Waals surface area contributed by atoms with Crippen LogP contribution >= 0.6 is 0 Å². The van der Waals surface area contributed by atoms with Crippen LogP contribution in [0, 0.1) is 29.1 Å². The summed E-state index contributed by atoms with van der Waals surface area (Å²) in [5.74, 6) is 6.31. The van der Waals surface area contributed by atoms with E-state index in [4.69, 9.17) is 0 Å². The fourth-order valence-electron chi connectivity index (χ4n) is 7.31. The summed E-state index contributed by atoms with van der Waals surface area (Å²) in [6, 6.07) is 5.68. The van der Waals surface area contributed by atoms with E-state index in [9.17, 15) is 23.1 Å². The highest BCUT2D eigenvalue weighted by atomic mass is 19.4. The first-order valence-corrected chi connectivity index (χ1v) is 11.9. The molecule has 0 unspecified atom stereocenters. The van der Waals surface area contributed by atoms with Gasteiger partial charge in [-0.15, -0.1) is 5.92 Å². The lowest BCUT2D eigenvalue weighted by atomic mass is 9.51. The number of benzene rings is 1. The normalized spacial score (nSPS) is 35.8. The van der Waals surface area contributed by atoms with Crippen molar-refractivity contribution in [3.8, 4) is 11.8 Å². The van der Waals surface area contributed by atoms with Crippen molar-refractivity contribution in [1.82, 2.24) is 0 Å². The van der Waals surface area contributed by atoms with Crippen LogP contribution < -0.4 is 0 Å². The smallest absolute Gasteiger partial charge is 0.377 e. The van der Waals surface area contributed by atoms with E-state index in [1.807, 2.05) is 0 Å². The number of carbonyl (C=O) groups excluding carboxylic acids is 1. The summed E-state index contributed by atoms with van der Waals surface area (Å²) < 4.78 is 40.7. The van der Waals surface area contributed by atoms with Crippen LogP contribution in [-0.4, -0.2) is 16.5 Å². The number of halogens is 3. The van der Waals surface area contributed by atoms with Gasteiger partial charge in [0.05, 0.1) is 5.56 Å². The van der Waals surface area contributed by atoms with Crippen molar-refractivity contribution in [2.24, 2.45) is 17.3 Å². The van der Waals surface area contributed by atoms with Crippen LogP contribution in [0.5, 0.6) is 0 Å². The van der Waals surface area contributed by atoms with Crippen molar-refractivity contribution in [3.05, 3.63) is 58.2 Å². The van der Waals surface area contributed by atoms with E-state index in [0.29, 0.717) is 31.2 Å². The summed E-state index contributed by atoms with van der Waals surface area (Å²) in [5, 5.41) is 11.6. The molecule has 5 heteroatoms. The Bertz CT molecular complexity index is 1130. The van der Waals surface area contributed by atoms with Gasteiger partial charge in [-0.05, 0) is 86.1 Å². The lowest BCUT2D eigenvalue weighted by Crippen LogP contribution is -2.51. The highest BCUT2D eigenvalue weighted by molar-refractivity contribution is 5.93. The molecule has 0 amide bonds. The molecule has 1 aromatic rings. The summed E-state index contributed by atoms with van der Waals surface area (Å²) in [7, 11) is 0. The second-order valence-electron chi connectivity index (χ2n) is 10.4. The summed E-state index contributed by atoms with van der Waals surface area (Å²) in [6.07, 6.45) is 2.14. The Morgan fingerprint density at radius 2 is 1.94 bits per heavy atom. The van der Waals surface area contributed by atoms with Gasteiger partial charge in [-0.3, -0.25) is 4.79 Å². The fraction of sp³-hybridized carbons (Fsp3) is 0.536. The minimum atomic E-state index is -4.41.